The zero-order chi connectivity index (χ0) is 23.7. The predicted molar refractivity (Wildman–Crippen MR) is 127 cm³/mol. The SMILES string of the molecule is COc1ccc2c(c1)c(CC(=O)N1CCC(C(N)=O)CC1)c(C)n2C(=O)c1ccc(Cl)cc1. The molecule has 1 aliphatic rings. The first-order chi connectivity index (χ1) is 15.8. The van der Waals surface area contributed by atoms with Crippen molar-refractivity contribution in [3.05, 3.63) is 64.3 Å². The fraction of sp³-hybridized carbons (Fsp3) is 0.320. The molecule has 0 bridgehead atoms. The summed E-state index contributed by atoms with van der Waals surface area (Å²) in [7, 11) is 1.58. The van der Waals surface area contributed by atoms with E-state index in [-0.39, 0.29) is 30.1 Å². The van der Waals surface area contributed by atoms with Crippen molar-refractivity contribution in [1.82, 2.24) is 9.47 Å². The first-order valence-electron chi connectivity index (χ1n) is 10.9. The Morgan fingerprint density at radius 3 is 2.36 bits per heavy atom. The van der Waals surface area contributed by atoms with Gasteiger partial charge in [-0.3, -0.25) is 19.0 Å². The van der Waals surface area contributed by atoms with Crippen LogP contribution in [0.25, 0.3) is 10.9 Å². The van der Waals surface area contributed by atoms with E-state index in [4.69, 9.17) is 22.1 Å². The summed E-state index contributed by atoms with van der Waals surface area (Å²) in [6.45, 7) is 2.84. The molecule has 0 aliphatic carbocycles. The van der Waals surface area contributed by atoms with Crippen LogP contribution in [-0.4, -0.2) is 47.4 Å². The number of ether oxygens (including phenoxy) is 1. The Bertz CT molecular complexity index is 1220. The molecule has 172 valence electrons. The smallest absolute Gasteiger partial charge is 0.262 e. The molecule has 0 atom stereocenters. The number of fused-ring (bicyclic) bond motifs is 1. The maximum absolute atomic E-state index is 13.4. The number of hydrogen-bond donors (Lipinski definition) is 1. The number of amides is 2. The summed E-state index contributed by atoms with van der Waals surface area (Å²) in [5.74, 6) is -0.0792. The second-order valence-electron chi connectivity index (χ2n) is 8.33. The zero-order valence-corrected chi connectivity index (χ0v) is 19.4. The molecule has 33 heavy (non-hydrogen) atoms. The van der Waals surface area contributed by atoms with Crippen molar-refractivity contribution in [1.29, 1.82) is 0 Å². The van der Waals surface area contributed by atoms with E-state index in [1.54, 1.807) is 46.9 Å². The molecule has 7 nitrogen and oxygen atoms in total. The molecular weight excluding hydrogens is 442 g/mol. The molecule has 2 heterocycles. The van der Waals surface area contributed by atoms with Gasteiger partial charge in [0, 0.05) is 40.7 Å². The molecule has 0 radical (unpaired) electrons. The summed E-state index contributed by atoms with van der Waals surface area (Å²) in [4.78, 5) is 39.8. The van der Waals surface area contributed by atoms with Crippen LogP contribution >= 0.6 is 11.6 Å². The monoisotopic (exact) mass is 467 g/mol. The molecule has 1 aromatic heterocycles. The molecule has 8 heteroatoms. The van der Waals surface area contributed by atoms with E-state index in [2.05, 4.69) is 0 Å². The standard InChI is InChI=1S/C25H26ClN3O4/c1-15-20(14-23(30)28-11-9-16(10-12-28)24(27)31)21-13-19(33-2)7-8-22(21)29(15)25(32)17-3-5-18(26)6-4-17/h3-8,13,16H,9-12,14H2,1-2H3,(H2,27,31). The number of rotatable bonds is 5. The molecular formula is C25H26ClN3O4. The summed E-state index contributed by atoms with van der Waals surface area (Å²) < 4.78 is 7.03. The first-order valence-corrected chi connectivity index (χ1v) is 11.2. The van der Waals surface area contributed by atoms with Gasteiger partial charge in [0.1, 0.15) is 5.75 Å². The van der Waals surface area contributed by atoms with Crippen molar-refractivity contribution in [2.75, 3.05) is 20.2 Å². The molecule has 0 saturated carbocycles. The summed E-state index contributed by atoms with van der Waals surface area (Å²) in [5.41, 5.74) is 8.12. The van der Waals surface area contributed by atoms with Crippen molar-refractivity contribution in [2.24, 2.45) is 11.7 Å². The lowest BCUT2D eigenvalue weighted by atomic mass is 9.95. The third-order valence-corrected chi connectivity index (χ3v) is 6.67. The summed E-state index contributed by atoms with van der Waals surface area (Å²) >= 11 is 5.98. The Morgan fingerprint density at radius 2 is 1.76 bits per heavy atom. The number of carbonyl (C=O) groups is 3. The van der Waals surface area contributed by atoms with Crippen LogP contribution < -0.4 is 10.5 Å². The normalized spacial score (nSPS) is 14.5. The van der Waals surface area contributed by atoms with Gasteiger partial charge in [0.05, 0.1) is 19.0 Å². The Labute approximate surface area is 197 Å². The molecule has 0 unspecified atom stereocenters. The van der Waals surface area contributed by atoms with E-state index in [1.165, 1.54) is 0 Å². The van der Waals surface area contributed by atoms with Gasteiger partial charge in [-0.15, -0.1) is 0 Å². The Balaban J connectivity index is 1.70. The number of likely N-dealkylation sites (tertiary alicyclic amines) is 1. The quantitative estimate of drug-likeness (QED) is 0.620. The minimum atomic E-state index is -0.311. The van der Waals surface area contributed by atoms with Gasteiger partial charge >= 0.3 is 0 Å². The topological polar surface area (TPSA) is 94.6 Å². The highest BCUT2D eigenvalue weighted by molar-refractivity contribution is 6.30. The number of hydrogen-bond acceptors (Lipinski definition) is 4. The van der Waals surface area contributed by atoms with E-state index in [0.29, 0.717) is 53.5 Å². The van der Waals surface area contributed by atoms with Gasteiger partial charge in [-0.05, 0) is 67.8 Å². The van der Waals surface area contributed by atoms with Gasteiger partial charge in [-0.25, -0.2) is 0 Å². The van der Waals surface area contributed by atoms with Gasteiger partial charge in [0.15, 0.2) is 0 Å². The lowest BCUT2D eigenvalue weighted by Gasteiger charge is -2.30. The van der Waals surface area contributed by atoms with Gasteiger partial charge in [-0.2, -0.15) is 0 Å². The molecule has 4 rings (SSSR count). The third-order valence-electron chi connectivity index (χ3n) is 6.41. The number of carbonyl (C=O) groups excluding carboxylic acids is 3. The van der Waals surface area contributed by atoms with Crippen molar-refractivity contribution in [3.63, 3.8) is 0 Å². The molecule has 2 amide bonds. The Morgan fingerprint density at radius 1 is 1.09 bits per heavy atom. The largest absolute Gasteiger partial charge is 0.497 e. The molecule has 3 aromatic rings. The number of nitrogens with zero attached hydrogens (tertiary/aromatic N) is 2. The van der Waals surface area contributed by atoms with Crippen LogP contribution in [0.15, 0.2) is 42.5 Å². The summed E-state index contributed by atoms with van der Waals surface area (Å²) in [6.07, 6.45) is 1.30. The van der Waals surface area contributed by atoms with E-state index in [0.717, 1.165) is 10.9 Å². The number of nitrogens with two attached hydrogens (primary N) is 1. The van der Waals surface area contributed by atoms with E-state index in [1.807, 2.05) is 19.1 Å². The summed E-state index contributed by atoms with van der Waals surface area (Å²) in [6, 6.07) is 12.2. The summed E-state index contributed by atoms with van der Waals surface area (Å²) in [5, 5.41) is 1.35. The minimum Gasteiger partial charge on any atom is -0.497 e. The van der Waals surface area contributed by atoms with Crippen LogP contribution in [0.4, 0.5) is 0 Å². The number of benzene rings is 2. The maximum Gasteiger partial charge on any atom is 0.262 e. The second kappa shape index (κ2) is 9.27. The van der Waals surface area contributed by atoms with Crippen LogP contribution in [0.2, 0.25) is 5.02 Å². The van der Waals surface area contributed by atoms with E-state index < -0.39 is 0 Å². The lowest BCUT2D eigenvalue weighted by Crippen LogP contribution is -2.42. The number of halogens is 1. The Kier molecular flexibility index (Phi) is 6.42. The van der Waals surface area contributed by atoms with Crippen molar-refractivity contribution in [3.8, 4) is 5.75 Å². The van der Waals surface area contributed by atoms with Crippen molar-refractivity contribution in [2.45, 2.75) is 26.2 Å². The highest BCUT2D eigenvalue weighted by Crippen LogP contribution is 2.31. The molecule has 2 aromatic carbocycles. The van der Waals surface area contributed by atoms with Crippen LogP contribution in [0.3, 0.4) is 0 Å². The van der Waals surface area contributed by atoms with Crippen LogP contribution in [-0.2, 0) is 16.0 Å². The molecule has 0 spiro atoms. The third kappa shape index (κ3) is 4.46. The average molecular weight is 468 g/mol. The van der Waals surface area contributed by atoms with Crippen molar-refractivity contribution >= 4 is 40.2 Å². The van der Waals surface area contributed by atoms with Crippen LogP contribution in [0.5, 0.6) is 5.75 Å². The number of piperidine rings is 1. The van der Waals surface area contributed by atoms with Gasteiger partial charge in [-0.1, -0.05) is 11.6 Å². The van der Waals surface area contributed by atoms with Gasteiger partial charge in [0.25, 0.3) is 5.91 Å². The molecule has 1 saturated heterocycles. The first kappa shape index (κ1) is 22.9. The van der Waals surface area contributed by atoms with Gasteiger partial charge in [0.2, 0.25) is 11.8 Å². The van der Waals surface area contributed by atoms with Crippen LogP contribution in [0.1, 0.15) is 34.5 Å². The molecule has 1 aliphatic heterocycles. The lowest BCUT2D eigenvalue weighted by molar-refractivity contribution is -0.134. The minimum absolute atomic E-state index is 0.0400. The predicted octanol–water partition coefficient (Wildman–Crippen LogP) is 3.57. The molecule has 1 fully saturated rings. The van der Waals surface area contributed by atoms with E-state index >= 15 is 0 Å². The number of primary amides is 1. The fourth-order valence-corrected chi connectivity index (χ4v) is 4.60. The maximum atomic E-state index is 13.4. The van der Waals surface area contributed by atoms with Crippen molar-refractivity contribution < 1.29 is 19.1 Å². The fourth-order valence-electron chi connectivity index (χ4n) is 4.47. The zero-order valence-electron chi connectivity index (χ0n) is 18.6. The Hall–Kier alpha value is -3.32. The average Bonchev–Trinajstić information content (AvgIpc) is 3.09. The highest BCUT2D eigenvalue weighted by Gasteiger charge is 2.28. The van der Waals surface area contributed by atoms with Crippen LogP contribution in [0, 0.1) is 12.8 Å². The second-order valence-corrected chi connectivity index (χ2v) is 8.77. The number of aromatic nitrogens is 1. The van der Waals surface area contributed by atoms with Gasteiger partial charge < -0.3 is 15.4 Å². The molecule has 2 N–H and O–H groups in total. The number of methoxy groups -OCH3 is 1. The van der Waals surface area contributed by atoms with E-state index in [9.17, 15) is 14.4 Å². The highest BCUT2D eigenvalue weighted by atomic mass is 35.5.